The van der Waals surface area contributed by atoms with Gasteiger partial charge in [0.05, 0.1) is 6.07 Å². The highest BCUT2D eigenvalue weighted by atomic mass is 16.4. The maximum absolute atomic E-state index is 9.60. The number of hydrogen-bond donors (Lipinski definition) is 1. The summed E-state index contributed by atoms with van der Waals surface area (Å²) in [6.07, 6.45) is 1.68. The highest BCUT2D eigenvalue weighted by molar-refractivity contribution is 5.84. The van der Waals surface area contributed by atoms with Crippen molar-refractivity contribution in [2.24, 2.45) is 0 Å². The molecule has 0 aromatic heterocycles. The molecule has 0 aliphatic rings. The van der Waals surface area contributed by atoms with Gasteiger partial charge in [-0.25, -0.2) is 4.79 Å². The van der Waals surface area contributed by atoms with Gasteiger partial charge in [0.2, 0.25) is 0 Å². The molecule has 0 amide bonds. The zero-order valence-corrected chi connectivity index (χ0v) is 6.92. The molecule has 0 rings (SSSR count). The van der Waals surface area contributed by atoms with Gasteiger partial charge in [-0.3, -0.25) is 0 Å². The molecule has 0 radical (unpaired) electrons. The van der Waals surface area contributed by atoms with Gasteiger partial charge >= 0.3 is 5.97 Å². The minimum Gasteiger partial charge on any atom is -0.478 e. The average molecular weight is 155 g/mol. The second-order valence-corrected chi connectivity index (χ2v) is 1.99. The topological polar surface area (TPSA) is 61.1 Å². The van der Waals surface area contributed by atoms with E-state index in [4.69, 9.17) is 10.4 Å². The van der Waals surface area contributed by atoms with Crippen LogP contribution in [0.3, 0.4) is 0 Å². The van der Waals surface area contributed by atoms with E-state index in [9.17, 15) is 4.79 Å². The number of hydrogen-bond acceptors (Lipinski definition) is 2. The summed E-state index contributed by atoms with van der Waals surface area (Å²) in [5.41, 5.74) is 0.176. The highest BCUT2D eigenvalue weighted by Gasteiger charge is 1.90. The third-order valence-electron chi connectivity index (χ3n) is 0.727. The van der Waals surface area contributed by atoms with Crippen LogP contribution in [-0.2, 0) is 4.79 Å². The van der Waals surface area contributed by atoms with Crippen molar-refractivity contribution in [1.82, 2.24) is 0 Å². The van der Waals surface area contributed by atoms with E-state index < -0.39 is 5.97 Å². The van der Waals surface area contributed by atoms with Gasteiger partial charge in [0, 0.05) is 12.0 Å². The zero-order valence-electron chi connectivity index (χ0n) is 6.92. The third-order valence-corrected chi connectivity index (χ3v) is 0.727. The largest absolute Gasteiger partial charge is 0.478 e. The first-order chi connectivity index (χ1) is 5.06. The summed E-state index contributed by atoms with van der Waals surface area (Å²) in [4.78, 5) is 9.60. The Hall–Kier alpha value is -1.30. The lowest BCUT2D eigenvalue weighted by atomic mass is 10.4. The Morgan fingerprint density at radius 3 is 2.09 bits per heavy atom. The molecule has 0 unspecified atom stereocenters. The lowest BCUT2D eigenvalue weighted by Crippen LogP contribution is -1.92. The Morgan fingerprint density at radius 2 is 2.09 bits per heavy atom. The molecule has 0 spiro atoms. The molecule has 0 aromatic rings. The van der Waals surface area contributed by atoms with Crippen LogP contribution in [0.4, 0.5) is 0 Å². The summed E-state index contributed by atoms with van der Waals surface area (Å²) in [6, 6.07) is 2.02. The molecule has 0 atom stereocenters. The molecule has 3 nitrogen and oxygen atoms in total. The van der Waals surface area contributed by atoms with Crippen LogP contribution in [-0.4, -0.2) is 11.1 Å². The molecular weight excluding hydrogens is 142 g/mol. The van der Waals surface area contributed by atoms with Crippen molar-refractivity contribution in [2.45, 2.75) is 26.7 Å². The minimum absolute atomic E-state index is 0.176. The Morgan fingerprint density at radius 1 is 1.73 bits per heavy atom. The quantitative estimate of drug-likeness (QED) is 0.620. The first kappa shape index (κ1) is 12.4. The molecular formula is C8H13NO2. The molecule has 3 heteroatoms. The Labute approximate surface area is 67.0 Å². The molecule has 0 aliphatic carbocycles. The van der Waals surface area contributed by atoms with Gasteiger partial charge in [-0.2, -0.15) is 5.26 Å². The number of carboxylic acids is 1. The van der Waals surface area contributed by atoms with Gasteiger partial charge in [0.25, 0.3) is 0 Å². The number of unbranched alkanes of at least 4 members (excludes halogenated alkanes) is 1. The first-order valence-corrected chi connectivity index (χ1v) is 3.32. The highest BCUT2D eigenvalue weighted by Crippen LogP contribution is 1.81. The number of rotatable bonds is 2. The molecule has 0 aliphatic heterocycles. The van der Waals surface area contributed by atoms with Gasteiger partial charge in [0.1, 0.15) is 0 Å². The fraction of sp³-hybridized carbons (Fsp3) is 0.500. The van der Waals surface area contributed by atoms with E-state index in [-0.39, 0.29) is 5.57 Å². The van der Waals surface area contributed by atoms with Gasteiger partial charge in [-0.05, 0) is 13.3 Å². The summed E-state index contributed by atoms with van der Waals surface area (Å²) in [6.45, 7) is 6.59. The molecule has 11 heavy (non-hydrogen) atoms. The maximum atomic E-state index is 9.60. The predicted molar refractivity (Wildman–Crippen MR) is 43.0 cm³/mol. The maximum Gasteiger partial charge on any atom is 0.330 e. The molecule has 62 valence electrons. The van der Waals surface area contributed by atoms with Crippen LogP contribution in [0, 0.1) is 11.3 Å². The zero-order chi connectivity index (χ0) is 9.28. The fourth-order valence-corrected chi connectivity index (χ4v) is 0.112. The normalized spacial score (nSPS) is 7.00. The Balaban J connectivity index is 0. The van der Waals surface area contributed by atoms with Crippen molar-refractivity contribution in [3.8, 4) is 6.07 Å². The van der Waals surface area contributed by atoms with Crippen LogP contribution in [0.2, 0.25) is 0 Å². The van der Waals surface area contributed by atoms with E-state index in [1.807, 2.05) is 13.0 Å². The molecule has 0 heterocycles. The predicted octanol–water partition coefficient (Wildman–Crippen LogP) is 1.96. The number of nitriles is 1. The van der Waals surface area contributed by atoms with E-state index in [2.05, 4.69) is 6.58 Å². The lowest BCUT2D eigenvalue weighted by molar-refractivity contribution is -0.132. The van der Waals surface area contributed by atoms with Crippen molar-refractivity contribution in [3.05, 3.63) is 12.2 Å². The Bertz CT molecular complexity index is 155. The standard InChI is InChI=1S/C4H7N.C4H6O2/c1-2-3-4-5;1-3(2)4(5)6/h2-3H2,1H3;1H2,2H3,(H,5,6). The van der Waals surface area contributed by atoms with Crippen molar-refractivity contribution in [1.29, 1.82) is 5.26 Å². The first-order valence-electron chi connectivity index (χ1n) is 3.32. The summed E-state index contributed by atoms with van der Waals surface area (Å²) in [7, 11) is 0. The minimum atomic E-state index is -0.935. The monoisotopic (exact) mass is 155 g/mol. The van der Waals surface area contributed by atoms with Gasteiger partial charge in [-0.15, -0.1) is 0 Å². The van der Waals surface area contributed by atoms with Crippen LogP contribution < -0.4 is 0 Å². The third kappa shape index (κ3) is 17.7. The summed E-state index contributed by atoms with van der Waals surface area (Å²) in [5.74, 6) is -0.935. The van der Waals surface area contributed by atoms with E-state index in [0.717, 1.165) is 6.42 Å². The van der Waals surface area contributed by atoms with Crippen molar-refractivity contribution >= 4 is 5.97 Å². The molecule has 0 saturated heterocycles. The summed E-state index contributed by atoms with van der Waals surface area (Å²) >= 11 is 0. The van der Waals surface area contributed by atoms with Gasteiger partial charge in [0.15, 0.2) is 0 Å². The number of carbonyl (C=O) groups is 1. The van der Waals surface area contributed by atoms with E-state index in [1.165, 1.54) is 6.92 Å². The average Bonchev–Trinajstić information content (AvgIpc) is 1.90. The van der Waals surface area contributed by atoms with Crippen LogP contribution in [0.15, 0.2) is 12.2 Å². The van der Waals surface area contributed by atoms with Crippen LogP contribution in [0.1, 0.15) is 26.7 Å². The van der Waals surface area contributed by atoms with Gasteiger partial charge in [-0.1, -0.05) is 13.5 Å². The SMILES string of the molecule is C=C(C)C(=O)O.CCCC#N. The van der Waals surface area contributed by atoms with Crippen LogP contribution in [0.5, 0.6) is 0 Å². The lowest BCUT2D eigenvalue weighted by Gasteiger charge is -1.79. The molecule has 0 fully saturated rings. The smallest absolute Gasteiger partial charge is 0.330 e. The van der Waals surface area contributed by atoms with Gasteiger partial charge < -0.3 is 5.11 Å². The Kier molecular flexibility index (Phi) is 9.79. The van der Waals surface area contributed by atoms with E-state index >= 15 is 0 Å². The van der Waals surface area contributed by atoms with Crippen molar-refractivity contribution < 1.29 is 9.90 Å². The summed E-state index contributed by atoms with van der Waals surface area (Å²) < 4.78 is 0. The second kappa shape index (κ2) is 8.70. The van der Waals surface area contributed by atoms with E-state index in [1.54, 1.807) is 0 Å². The second-order valence-electron chi connectivity index (χ2n) is 1.99. The number of nitrogens with zero attached hydrogens (tertiary/aromatic N) is 1. The fourth-order valence-electron chi connectivity index (χ4n) is 0.112. The summed E-state index contributed by atoms with van der Waals surface area (Å²) in [5, 5.41) is 15.7. The molecule has 0 aromatic carbocycles. The van der Waals surface area contributed by atoms with E-state index in [0.29, 0.717) is 6.42 Å². The molecule has 0 bridgehead atoms. The van der Waals surface area contributed by atoms with Crippen molar-refractivity contribution in [3.63, 3.8) is 0 Å². The van der Waals surface area contributed by atoms with Crippen LogP contribution >= 0.6 is 0 Å². The number of carboxylic acid groups (broad SMARTS) is 1. The number of aliphatic carboxylic acids is 1. The molecule has 1 N–H and O–H groups in total. The van der Waals surface area contributed by atoms with Crippen molar-refractivity contribution in [2.75, 3.05) is 0 Å². The van der Waals surface area contributed by atoms with Crippen LogP contribution in [0.25, 0.3) is 0 Å². The molecule has 0 saturated carbocycles.